The number of nitrogens with one attached hydrogen (secondary N) is 1. The fraction of sp³-hybridized carbons (Fsp3) is 1.00. The van der Waals surface area contributed by atoms with Crippen molar-refractivity contribution in [2.75, 3.05) is 39.6 Å². The predicted molar refractivity (Wildman–Crippen MR) is 77.2 cm³/mol. The molecule has 3 atom stereocenters. The number of ether oxygens (including phenoxy) is 2. The first-order chi connectivity index (χ1) is 9.56. The van der Waals surface area contributed by atoms with Crippen molar-refractivity contribution in [3.05, 3.63) is 0 Å². The maximum Gasteiger partial charge on any atom is 0.214 e. The van der Waals surface area contributed by atoms with Crippen LogP contribution in [0.25, 0.3) is 0 Å². The van der Waals surface area contributed by atoms with Crippen LogP contribution in [0.5, 0.6) is 0 Å². The fourth-order valence-corrected chi connectivity index (χ4v) is 4.57. The molecule has 3 unspecified atom stereocenters. The molecule has 0 bridgehead atoms. The third kappa shape index (κ3) is 3.92. The summed E-state index contributed by atoms with van der Waals surface area (Å²) >= 11 is 0. The van der Waals surface area contributed by atoms with Crippen molar-refractivity contribution in [3.8, 4) is 0 Å². The van der Waals surface area contributed by atoms with Crippen molar-refractivity contribution in [2.24, 2.45) is 0 Å². The minimum atomic E-state index is -3.21. The Bertz CT molecular complexity index is 383. The normalized spacial score (nSPS) is 32.6. The molecular weight excluding hydrogens is 280 g/mol. The summed E-state index contributed by atoms with van der Waals surface area (Å²) in [5.74, 6) is 0.206. The topological polar surface area (TPSA) is 67.9 Å². The summed E-state index contributed by atoms with van der Waals surface area (Å²) in [6.45, 7) is 1.80. The third-order valence-corrected chi connectivity index (χ3v) is 6.15. The Morgan fingerprint density at radius 2 is 1.80 bits per heavy atom. The molecule has 118 valence electrons. The van der Waals surface area contributed by atoms with Crippen LogP contribution < -0.4 is 5.32 Å². The van der Waals surface area contributed by atoms with Gasteiger partial charge in [0.1, 0.15) is 0 Å². The lowest BCUT2D eigenvalue weighted by Crippen LogP contribution is -2.38. The highest BCUT2D eigenvalue weighted by molar-refractivity contribution is 7.89. The number of piperidine rings is 1. The summed E-state index contributed by atoms with van der Waals surface area (Å²) in [4.78, 5) is 0. The lowest BCUT2D eigenvalue weighted by atomic mass is 10.0. The lowest BCUT2D eigenvalue weighted by Gasteiger charge is -2.24. The minimum Gasteiger partial charge on any atom is -0.377 e. The molecule has 2 rings (SSSR count). The van der Waals surface area contributed by atoms with Crippen LogP contribution in [0.3, 0.4) is 0 Å². The number of sulfonamides is 1. The van der Waals surface area contributed by atoms with E-state index in [0.29, 0.717) is 25.6 Å². The third-order valence-electron chi connectivity index (χ3n) is 4.32. The first-order valence-electron chi connectivity index (χ1n) is 7.33. The molecule has 0 saturated carbocycles. The van der Waals surface area contributed by atoms with Crippen molar-refractivity contribution in [1.29, 1.82) is 0 Å². The molecule has 2 heterocycles. The molecule has 2 aliphatic heterocycles. The Kier molecular flexibility index (Phi) is 5.80. The van der Waals surface area contributed by atoms with E-state index in [1.807, 2.05) is 0 Å². The van der Waals surface area contributed by atoms with Gasteiger partial charge in [-0.15, -0.1) is 0 Å². The monoisotopic (exact) mass is 306 g/mol. The Morgan fingerprint density at radius 3 is 2.30 bits per heavy atom. The molecule has 20 heavy (non-hydrogen) atoms. The van der Waals surface area contributed by atoms with Crippen molar-refractivity contribution in [1.82, 2.24) is 9.62 Å². The van der Waals surface area contributed by atoms with Gasteiger partial charge in [0.15, 0.2) is 0 Å². The zero-order chi connectivity index (χ0) is 14.6. The number of rotatable bonds is 6. The van der Waals surface area contributed by atoms with E-state index >= 15 is 0 Å². The van der Waals surface area contributed by atoms with Gasteiger partial charge in [-0.05, 0) is 25.8 Å². The maximum absolute atomic E-state index is 12.4. The molecule has 1 N–H and O–H groups in total. The molecule has 6 nitrogen and oxygen atoms in total. The summed E-state index contributed by atoms with van der Waals surface area (Å²) in [5.41, 5.74) is 0. The number of nitrogens with zero attached hydrogens (tertiary/aromatic N) is 1. The quantitative estimate of drug-likeness (QED) is 0.759. The Labute approximate surface area is 121 Å². The number of hydrogen-bond donors (Lipinski definition) is 1. The lowest BCUT2D eigenvalue weighted by molar-refractivity contribution is -0.00461. The minimum absolute atomic E-state index is 0.164. The summed E-state index contributed by atoms with van der Waals surface area (Å²) in [6, 6.07) is 0.345. The van der Waals surface area contributed by atoms with Crippen LogP contribution in [-0.2, 0) is 19.5 Å². The van der Waals surface area contributed by atoms with Gasteiger partial charge in [0, 0.05) is 33.4 Å². The van der Waals surface area contributed by atoms with Crippen molar-refractivity contribution >= 4 is 10.0 Å². The molecule has 0 amide bonds. The van der Waals surface area contributed by atoms with E-state index in [1.165, 1.54) is 17.1 Å². The van der Waals surface area contributed by atoms with E-state index in [4.69, 9.17) is 9.47 Å². The second-order valence-electron chi connectivity index (χ2n) is 5.62. The maximum atomic E-state index is 12.4. The van der Waals surface area contributed by atoms with E-state index in [9.17, 15) is 8.42 Å². The van der Waals surface area contributed by atoms with Gasteiger partial charge in [0.2, 0.25) is 10.0 Å². The van der Waals surface area contributed by atoms with Gasteiger partial charge < -0.3 is 14.8 Å². The average Bonchev–Trinajstić information content (AvgIpc) is 2.90. The Balaban J connectivity index is 1.86. The molecule has 0 radical (unpaired) electrons. The molecular formula is C13H26N2O4S. The van der Waals surface area contributed by atoms with E-state index in [2.05, 4.69) is 5.32 Å². The predicted octanol–water partition coefficient (Wildman–Crippen LogP) is 0.194. The number of hydrogen-bond acceptors (Lipinski definition) is 5. The molecule has 2 saturated heterocycles. The molecule has 2 aliphatic rings. The van der Waals surface area contributed by atoms with Crippen LogP contribution in [0.1, 0.15) is 25.7 Å². The SMILES string of the molecule is COC1CN(S(=O)(=O)CCC2CCCCN2)CC1OC. The second kappa shape index (κ2) is 7.17. The molecule has 7 heteroatoms. The number of methoxy groups -OCH3 is 2. The van der Waals surface area contributed by atoms with Crippen LogP contribution in [0.15, 0.2) is 0 Å². The first-order valence-corrected chi connectivity index (χ1v) is 8.94. The van der Waals surface area contributed by atoms with Crippen LogP contribution in [-0.4, -0.2) is 70.6 Å². The highest BCUT2D eigenvalue weighted by Gasteiger charge is 2.39. The van der Waals surface area contributed by atoms with Gasteiger partial charge in [-0.2, -0.15) is 4.31 Å². The molecule has 0 aliphatic carbocycles. The first kappa shape index (κ1) is 16.2. The Morgan fingerprint density at radius 1 is 1.15 bits per heavy atom. The van der Waals surface area contributed by atoms with E-state index < -0.39 is 10.0 Å². The van der Waals surface area contributed by atoms with Gasteiger partial charge >= 0.3 is 0 Å². The zero-order valence-electron chi connectivity index (χ0n) is 12.4. The van der Waals surface area contributed by atoms with Crippen LogP contribution in [0, 0.1) is 0 Å². The second-order valence-corrected chi connectivity index (χ2v) is 7.71. The summed E-state index contributed by atoms with van der Waals surface area (Å²) < 4.78 is 36.9. The Hall–Kier alpha value is -0.210. The standard InChI is InChI=1S/C13H26N2O4S/c1-18-12-9-15(10-13(12)19-2)20(16,17)8-6-11-5-3-4-7-14-11/h11-14H,3-10H2,1-2H3. The van der Waals surface area contributed by atoms with Gasteiger partial charge in [-0.1, -0.05) is 6.42 Å². The van der Waals surface area contributed by atoms with Crippen LogP contribution >= 0.6 is 0 Å². The molecule has 0 aromatic heterocycles. The zero-order valence-corrected chi connectivity index (χ0v) is 13.2. The van der Waals surface area contributed by atoms with Crippen molar-refractivity contribution in [3.63, 3.8) is 0 Å². The van der Waals surface area contributed by atoms with Crippen LogP contribution in [0.2, 0.25) is 0 Å². The van der Waals surface area contributed by atoms with Crippen molar-refractivity contribution in [2.45, 2.75) is 43.9 Å². The highest BCUT2D eigenvalue weighted by atomic mass is 32.2. The smallest absolute Gasteiger partial charge is 0.214 e. The highest BCUT2D eigenvalue weighted by Crippen LogP contribution is 2.20. The molecule has 2 fully saturated rings. The summed E-state index contributed by atoms with van der Waals surface area (Å²) in [7, 11) is -0.0201. The van der Waals surface area contributed by atoms with Gasteiger partial charge in [0.25, 0.3) is 0 Å². The van der Waals surface area contributed by atoms with E-state index in [1.54, 1.807) is 14.2 Å². The van der Waals surface area contributed by atoms with Crippen LogP contribution in [0.4, 0.5) is 0 Å². The molecule has 0 aromatic rings. The summed E-state index contributed by atoms with van der Waals surface area (Å²) in [6.07, 6.45) is 3.83. The van der Waals surface area contributed by atoms with E-state index in [-0.39, 0.29) is 18.0 Å². The fourth-order valence-electron chi connectivity index (χ4n) is 2.98. The molecule has 0 aromatic carbocycles. The largest absolute Gasteiger partial charge is 0.377 e. The summed E-state index contributed by atoms with van der Waals surface area (Å²) in [5, 5.41) is 3.39. The average molecular weight is 306 g/mol. The van der Waals surface area contributed by atoms with Crippen molar-refractivity contribution < 1.29 is 17.9 Å². The van der Waals surface area contributed by atoms with Gasteiger partial charge in [-0.3, -0.25) is 0 Å². The van der Waals surface area contributed by atoms with Gasteiger partial charge in [0.05, 0.1) is 18.0 Å². The van der Waals surface area contributed by atoms with Gasteiger partial charge in [-0.25, -0.2) is 8.42 Å². The van der Waals surface area contributed by atoms with E-state index in [0.717, 1.165) is 13.0 Å². The molecule has 0 spiro atoms.